The van der Waals surface area contributed by atoms with Gasteiger partial charge in [-0.2, -0.15) is 0 Å². The Morgan fingerprint density at radius 1 is 1.46 bits per heavy atom. The number of amides is 1. The maximum Gasteiger partial charge on any atom is 0.255 e. The predicted molar refractivity (Wildman–Crippen MR) is 45.9 cm³/mol. The maximum absolute atomic E-state index is 11.3. The number of benzene rings is 1. The minimum Gasteiger partial charge on any atom is -0.508 e. The van der Waals surface area contributed by atoms with Crippen LogP contribution in [0.5, 0.6) is 11.5 Å². The number of carbonyl (C=O) groups is 1. The van der Waals surface area contributed by atoms with Crippen LogP contribution in [-0.2, 0) is 0 Å². The normalized spacial score (nSPS) is 15.2. The Kier molecular flexibility index (Phi) is 1.81. The smallest absolute Gasteiger partial charge is 0.255 e. The summed E-state index contributed by atoms with van der Waals surface area (Å²) in [7, 11) is 0. The van der Waals surface area contributed by atoms with Crippen LogP contribution in [-0.4, -0.2) is 24.2 Å². The van der Waals surface area contributed by atoms with Crippen molar-refractivity contribution >= 4 is 5.91 Å². The molecule has 68 valence electrons. The lowest BCUT2D eigenvalue weighted by molar-refractivity contribution is 0.0957. The second kappa shape index (κ2) is 2.97. The Bertz CT molecular complexity index is 349. The Morgan fingerprint density at radius 3 is 3.15 bits per heavy atom. The van der Waals surface area contributed by atoms with E-state index in [9.17, 15) is 4.79 Å². The highest BCUT2D eigenvalue weighted by Crippen LogP contribution is 2.24. The first-order valence-corrected chi connectivity index (χ1v) is 4.01. The monoisotopic (exact) mass is 179 g/mol. The molecule has 13 heavy (non-hydrogen) atoms. The number of nitrogens with one attached hydrogen (secondary N) is 1. The number of phenols is 1. The fourth-order valence-electron chi connectivity index (χ4n) is 1.24. The molecule has 1 aliphatic rings. The molecule has 0 bridgehead atoms. The molecule has 0 saturated heterocycles. The molecule has 0 saturated carbocycles. The molecular formula is C9H9NO3. The van der Waals surface area contributed by atoms with Gasteiger partial charge in [-0.1, -0.05) is 0 Å². The van der Waals surface area contributed by atoms with Crippen molar-refractivity contribution in [2.45, 2.75) is 0 Å². The van der Waals surface area contributed by atoms with Crippen LogP contribution >= 0.6 is 0 Å². The molecule has 1 aromatic rings. The molecule has 0 aromatic heterocycles. The molecule has 0 atom stereocenters. The van der Waals surface area contributed by atoms with Crippen molar-refractivity contribution in [2.75, 3.05) is 13.2 Å². The van der Waals surface area contributed by atoms with Crippen LogP contribution in [0.15, 0.2) is 18.2 Å². The van der Waals surface area contributed by atoms with E-state index in [1.54, 1.807) is 6.07 Å². The van der Waals surface area contributed by atoms with Gasteiger partial charge in [0, 0.05) is 6.07 Å². The number of aromatic hydroxyl groups is 1. The molecule has 4 nitrogen and oxygen atoms in total. The Balaban J connectivity index is 2.48. The summed E-state index contributed by atoms with van der Waals surface area (Å²) in [5.74, 6) is 0.385. The lowest BCUT2D eigenvalue weighted by Gasteiger charge is -2.04. The zero-order valence-electron chi connectivity index (χ0n) is 6.91. The number of carbonyl (C=O) groups excluding carboxylic acids is 1. The number of phenolic OH excluding ortho intramolecular Hbond substituents is 1. The first-order valence-electron chi connectivity index (χ1n) is 4.01. The van der Waals surface area contributed by atoms with Crippen LogP contribution < -0.4 is 10.1 Å². The molecule has 0 spiro atoms. The van der Waals surface area contributed by atoms with Gasteiger partial charge in [-0.3, -0.25) is 4.79 Å². The molecule has 0 unspecified atom stereocenters. The Morgan fingerprint density at radius 2 is 2.31 bits per heavy atom. The van der Waals surface area contributed by atoms with Crippen LogP contribution in [0.4, 0.5) is 0 Å². The molecule has 4 heteroatoms. The summed E-state index contributed by atoms with van der Waals surface area (Å²) >= 11 is 0. The molecule has 0 radical (unpaired) electrons. The average molecular weight is 179 g/mol. The van der Waals surface area contributed by atoms with Gasteiger partial charge in [0.05, 0.1) is 12.1 Å². The third-order valence-corrected chi connectivity index (χ3v) is 1.86. The van der Waals surface area contributed by atoms with Crippen molar-refractivity contribution in [1.82, 2.24) is 5.32 Å². The summed E-state index contributed by atoms with van der Waals surface area (Å²) in [6, 6.07) is 4.46. The summed E-state index contributed by atoms with van der Waals surface area (Å²) in [6.45, 7) is 0.927. The van der Waals surface area contributed by atoms with E-state index in [2.05, 4.69) is 5.32 Å². The van der Waals surface area contributed by atoms with Crippen molar-refractivity contribution in [3.63, 3.8) is 0 Å². The minimum absolute atomic E-state index is 0.105. The predicted octanol–water partition coefficient (Wildman–Crippen LogP) is 0.514. The summed E-state index contributed by atoms with van der Waals surface area (Å²) in [5.41, 5.74) is 0.468. The van der Waals surface area contributed by atoms with Gasteiger partial charge in [0.15, 0.2) is 0 Å². The molecule has 1 heterocycles. The summed E-state index contributed by atoms with van der Waals surface area (Å²) in [5, 5.41) is 11.8. The van der Waals surface area contributed by atoms with Crippen LogP contribution in [0.2, 0.25) is 0 Å². The van der Waals surface area contributed by atoms with Gasteiger partial charge in [0.25, 0.3) is 5.91 Å². The van der Waals surface area contributed by atoms with Gasteiger partial charge in [0.1, 0.15) is 18.1 Å². The molecule has 1 aromatic carbocycles. The molecule has 2 N–H and O–H groups in total. The highest BCUT2D eigenvalue weighted by Gasteiger charge is 2.15. The minimum atomic E-state index is -0.160. The van der Waals surface area contributed by atoms with E-state index >= 15 is 0 Å². The van der Waals surface area contributed by atoms with Crippen LogP contribution in [0, 0.1) is 0 Å². The van der Waals surface area contributed by atoms with Crippen LogP contribution in [0.25, 0.3) is 0 Å². The quantitative estimate of drug-likeness (QED) is 0.610. The summed E-state index contributed by atoms with van der Waals surface area (Å²) in [6.07, 6.45) is 0. The molecule has 2 rings (SSSR count). The van der Waals surface area contributed by atoms with Gasteiger partial charge in [0.2, 0.25) is 0 Å². The standard InChI is InChI=1S/C9H9NO3/c11-6-1-2-7-8(5-6)13-4-3-10-9(7)12/h1-2,5,11H,3-4H2,(H,10,12). The number of rotatable bonds is 0. The zero-order chi connectivity index (χ0) is 9.26. The molecule has 0 fully saturated rings. The summed E-state index contributed by atoms with van der Waals surface area (Å²) < 4.78 is 5.26. The fourth-order valence-corrected chi connectivity index (χ4v) is 1.24. The van der Waals surface area contributed by atoms with Gasteiger partial charge < -0.3 is 15.2 Å². The Hall–Kier alpha value is -1.71. The highest BCUT2D eigenvalue weighted by molar-refractivity contribution is 5.97. The highest BCUT2D eigenvalue weighted by atomic mass is 16.5. The lowest BCUT2D eigenvalue weighted by atomic mass is 10.2. The van der Waals surface area contributed by atoms with Gasteiger partial charge in [-0.25, -0.2) is 0 Å². The van der Waals surface area contributed by atoms with Crippen molar-refractivity contribution in [3.05, 3.63) is 23.8 Å². The number of ether oxygens (including phenoxy) is 1. The van der Waals surface area contributed by atoms with E-state index in [1.807, 2.05) is 0 Å². The third-order valence-electron chi connectivity index (χ3n) is 1.86. The van der Waals surface area contributed by atoms with Crippen molar-refractivity contribution < 1.29 is 14.6 Å². The van der Waals surface area contributed by atoms with Crippen molar-refractivity contribution in [1.29, 1.82) is 0 Å². The maximum atomic E-state index is 11.3. The Labute approximate surface area is 75.1 Å². The molecular weight excluding hydrogens is 170 g/mol. The van der Waals surface area contributed by atoms with E-state index in [-0.39, 0.29) is 11.7 Å². The number of fused-ring (bicyclic) bond motifs is 1. The number of hydrogen-bond donors (Lipinski definition) is 2. The van der Waals surface area contributed by atoms with E-state index in [1.165, 1.54) is 12.1 Å². The first-order chi connectivity index (χ1) is 6.27. The topological polar surface area (TPSA) is 58.6 Å². The van der Waals surface area contributed by atoms with E-state index in [0.29, 0.717) is 24.5 Å². The first kappa shape index (κ1) is 7.91. The lowest BCUT2D eigenvalue weighted by Crippen LogP contribution is -2.24. The number of hydrogen-bond acceptors (Lipinski definition) is 3. The average Bonchev–Trinajstić information content (AvgIpc) is 2.28. The van der Waals surface area contributed by atoms with Crippen molar-refractivity contribution in [3.8, 4) is 11.5 Å². The second-order valence-electron chi connectivity index (χ2n) is 2.78. The van der Waals surface area contributed by atoms with E-state index in [4.69, 9.17) is 9.84 Å². The molecule has 0 aliphatic carbocycles. The van der Waals surface area contributed by atoms with Crippen molar-refractivity contribution in [2.24, 2.45) is 0 Å². The van der Waals surface area contributed by atoms with Gasteiger partial charge in [-0.05, 0) is 12.1 Å². The van der Waals surface area contributed by atoms with Gasteiger partial charge >= 0.3 is 0 Å². The summed E-state index contributed by atoms with van der Waals surface area (Å²) in [4.78, 5) is 11.3. The zero-order valence-corrected chi connectivity index (χ0v) is 6.91. The largest absolute Gasteiger partial charge is 0.508 e. The van der Waals surface area contributed by atoms with Crippen LogP contribution in [0.3, 0.4) is 0 Å². The molecule has 1 amide bonds. The third kappa shape index (κ3) is 1.42. The molecule has 1 aliphatic heterocycles. The van der Waals surface area contributed by atoms with Gasteiger partial charge in [-0.15, -0.1) is 0 Å². The SMILES string of the molecule is O=C1NCCOc2cc(O)ccc21. The fraction of sp³-hybridized carbons (Fsp3) is 0.222. The van der Waals surface area contributed by atoms with E-state index in [0.717, 1.165) is 0 Å². The second-order valence-corrected chi connectivity index (χ2v) is 2.78. The van der Waals surface area contributed by atoms with E-state index < -0.39 is 0 Å². The van der Waals surface area contributed by atoms with Crippen LogP contribution in [0.1, 0.15) is 10.4 Å².